The topological polar surface area (TPSA) is 69.6 Å². The second kappa shape index (κ2) is 7.19. The van der Waals surface area contributed by atoms with Crippen LogP contribution in [0.3, 0.4) is 0 Å². The Balaban J connectivity index is 1.48. The zero-order chi connectivity index (χ0) is 18.1. The van der Waals surface area contributed by atoms with Gasteiger partial charge in [-0.25, -0.2) is 14.8 Å². The van der Waals surface area contributed by atoms with Gasteiger partial charge in [0.05, 0.1) is 15.8 Å². The van der Waals surface area contributed by atoms with Crippen LogP contribution in [0.4, 0.5) is 5.82 Å². The summed E-state index contributed by atoms with van der Waals surface area (Å²) in [6.07, 6.45) is 1.61. The van der Waals surface area contributed by atoms with Crippen molar-refractivity contribution < 1.29 is 9.90 Å². The summed E-state index contributed by atoms with van der Waals surface area (Å²) in [6.45, 7) is 3.84. The average molecular weight is 389 g/mol. The molecule has 0 bridgehead atoms. The van der Waals surface area contributed by atoms with Gasteiger partial charge in [-0.3, -0.25) is 4.90 Å². The Labute approximate surface area is 159 Å². The van der Waals surface area contributed by atoms with E-state index in [4.69, 9.17) is 11.6 Å². The zero-order valence-electron chi connectivity index (χ0n) is 13.9. The predicted molar refractivity (Wildman–Crippen MR) is 103 cm³/mol. The summed E-state index contributed by atoms with van der Waals surface area (Å²) < 4.78 is 1.11. The van der Waals surface area contributed by atoms with Gasteiger partial charge in [-0.2, -0.15) is 0 Å². The molecule has 0 saturated carbocycles. The molecule has 1 aliphatic rings. The molecular formula is C18H17ClN4O2S. The number of benzene rings is 1. The van der Waals surface area contributed by atoms with Crippen molar-refractivity contribution in [2.24, 2.45) is 0 Å². The van der Waals surface area contributed by atoms with Crippen molar-refractivity contribution >= 4 is 44.9 Å². The molecule has 1 saturated heterocycles. The average Bonchev–Trinajstić information content (AvgIpc) is 3.12. The van der Waals surface area contributed by atoms with Crippen molar-refractivity contribution in [1.82, 2.24) is 14.9 Å². The summed E-state index contributed by atoms with van der Waals surface area (Å²) in [6, 6.07) is 7.03. The highest BCUT2D eigenvalue weighted by Gasteiger charge is 2.22. The number of piperazine rings is 1. The van der Waals surface area contributed by atoms with E-state index in [0.29, 0.717) is 17.1 Å². The van der Waals surface area contributed by atoms with Crippen molar-refractivity contribution in [3.63, 3.8) is 0 Å². The lowest BCUT2D eigenvalue weighted by molar-refractivity contribution is 0.0694. The van der Waals surface area contributed by atoms with E-state index >= 15 is 0 Å². The number of hydrogen-bond donors (Lipinski definition) is 1. The first kappa shape index (κ1) is 17.2. The molecular weight excluding hydrogens is 372 g/mol. The van der Waals surface area contributed by atoms with Crippen molar-refractivity contribution in [2.45, 2.75) is 6.54 Å². The lowest BCUT2D eigenvalue weighted by Crippen LogP contribution is -2.46. The van der Waals surface area contributed by atoms with E-state index < -0.39 is 5.97 Å². The monoisotopic (exact) mass is 388 g/mol. The Morgan fingerprint density at radius 1 is 1.19 bits per heavy atom. The van der Waals surface area contributed by atoms with Crippen LogP contribution < -0.4 is 4.90 Å². The molecule has 1 aromatic carbocycles. The smallest absolute Gasteiger partial charge is 0.336 e. The summed E-state index contributed by atoms with van der Waals surface area (Å²) in [7, 11) is 0. The van der Waals surface area contributed by atoms with Crippen LogP contribution >= 0.6 is 22.9 Å². The first-order chi connectivity index (χ1) is 12.6. The number of thiophene rings is 1. The minimum Gasteiger partial charge on any atom is -0.478 e. The summed E-state index contributed by atoms with van der Waals surface area (Å²) in [5.41, 5.74) is 1.93. The van der Waals surface area contributed by atoms with Gasteiger partial charge in [-0.15, -0.1) is 11.3 Å². The van der Waals surface area contributed by atoms with Gasteiger partial charge in [-0.05, 0) is 29.1 Å². The highest BCUT2D eigenvalue weighted by atomic mass is 35.5. The van der Waals surface area contributed by atoms with Crippen LogP contribution in [0.1, 0.15) is 15.9 Å². The summed E-state index contributed by atoms with van der Waals surface area (Å²) >= 11 is 7.91. The third-order valence-corrected chi connectivity index (χ3v) is 5.88. The number of anilines is 1. The Bertz CT molecular complexity index is 953. The molecule has 4 rings (SSSR count). The lowest BCUT2D eigenvalue weighted by atomic mass is 10.1. The largest absolute Gasteiger partial charge is 0.478 e. The highest BCUT2D eigenvalue weighted by molar-refractivity contribution is 7.17. The molecule has 6 nitrogen and oxygen atoms in total. The van der Waals surface area contributed by atoms with Crippen LogP contribution in [0.2, 0.25) is 5.02 Å². The number of nitrogens with zero attached hydrogens (tertiary/aromatic N) is 4. The molecule has 26 heavy (non-hydrogen) atoms. The number of fused-ring (bicyclic) bond motifs is 1. The van der Waals surface area contributed by atoms with E-state index in [0.717, 1.165) is 42.2 Å². The van der Waals surface area contributed by atoms with Crippen LogP contribution in [-0.2, 0) is 6.54 Å². The highest BCUT2D eigenvalue weighted by Crippen LogP contribution is 2.29. The fraction of sp³-hybridized carbons (Fsp3) is 0.278. The molecule has 3 aromatic rings. The van der Waals surface area contributed by atoms with Gasteiger partial charge in [-0.1, -0.05) is 17.7 Å². The SMILES string of the molecule is O=C(O)c1cccc(Cl)c1CN1CCN(c2ncnc3ccsc23)CC1. The minimum atomic E-state index is -0.942. The first-order valence-corrected chi connectivity index (χ1v) is 9.55. The molecule has 0 amide bonds. The summed E-state index contributed by atoms with van der Waals surface area (Å²) in [5, 5.41) is 11.9. The van der Waals surface area contributed by atoms with Gasteiger partial charge in [0.2, 0.25) is 0 Å². The van der Waals surface area contributed by atoms with Crippen LogP contribution in [0.5, 0.6) is 0 Å². The number of halogens is 1. The third kappa shape index (κ3) is 3.25. The van der Waals surface area contributed by atoms with Crippen LogP contribution in [0.15, 0.2) is 36.0 Å². The molecule has 0 atom stereocenters. The van der Waals surface area contributed by atoms with Crippen LogP contribution in [0, 0.1) is 0 Å². The fourth-order valence-corrected chi connectivity index (χ4v) is 4.36. The van der Waals surface area contributed by atoms with Gasteiger partial charge >= 0.3 is 5.97 Å². The Kier molecular flexibility index (Phi) is 4.76. The summed E-state index contributed by atoms with van der Waals surface area (Å²) in [4.78, 5) is 24.7. The molecule has 134 valence electrons. The van der Waals surface area contributed by atoms with E-state index in [9.17, 15) is 9.90 Å². The Morgan fingerprint density at radius 2 is 2.00 bits per heavy atom. The van der Waals surface area contributed by atoms with Crippen LogP contribution in [0.25, 0.3) is 10.2 Å². The number of rotatable bonds is 4. The lowest BCUT2D eigenvalue weighted by Gasteiger charge is -2.35. The van der Waals surface area contributed by atoms with E-state index in [-0.39, 0.29) is 5.56 Å². The molecule has 0 unspecified atom stereocenters. The van der Waals surface area contributed by atoms with Crippen molar-refractivity contribution in [1.29, 1.82) is 0 Å². The second-order valence-electron chi connectivity index (χ2n) is 6.17. The molecule has 2 aromatic heterocycles. The first-order valence-electron chi connectivity index (χ1n) is 8.29. The molecule has 1 fully saturated rings. The molecule has 1 N–H and O–H groups in total. The Morgan fingerprint density at radius 3 is 2.77 bits per heavy atom. The fourth-order valence-electron chi connectivity index (χ4n) is 3.26. The molecule has 3 heterocycles. The predicted octanol–water partition coefficient (Wildman–Crippen LogP) is 3.37. The van der Waals surface area contributed by atoms with Crippen molar-refractivity contribution in [2.75, 3.05) is 31.1 Å². The van der Waals surface area contributed by atoms with Crippen molar-refractivity contribution in [3.05, 3.63) is 52.1 Å². The Hall–Kier alpha value is -2.22. The molecule has 0 radical (unpaired) electrons. The number of carbonyl (C=O) groups is 1. The molecule has 8 heteroatoms. The standard InChI is InChI=1S/C18H17ClN4O2S/c19-14-3-1-2-12(18(24)25)13(14)10-22-5-7-23(8-6-22)17-16-15(4-9-26-16)20-11-21-17/h1-4,9,11H,5-8,10H2,(H,24,25). The maximum Gasteiger partial charge on any atom is 0.336 e. The normalized spacial score (nSPS) is 15.5. The summed E-state index contributed by atoms with van der Waals surface area (Å²) in [5.74, 6) is 0.0378. The van der Waals surface area contributed by atoms with Crippen LogP contribution in [-0.4, -0.2) is 52.1 Å². The quantitative estimate of drug-likeness (QED) is 0.739. The number of hydrogen-bond acceptors (Lipinski definition) is 6. The molecule has 0 aliphatic carbocycles. The number of carboxylic acids is 1. The van der Waals surface area contributed by atoms with Crippen molar-refractivity contribution in [3.8, 4) is 0 Å². The van der Waals surface area contributed by atoms with Gasteiger partial charge in [0.25, 0.3) is 0 Å². The number of carboxylic acid groups (broad SMARTS) is 1. The molecule has 1 aliphatic heterocycles. The van der Waals surface area contributed by atoms with E-state index in [2.05, 4.69) is 19.8 Å². The zero-order valence-corrected chi connectivity index (χ0v) is 15.5. The second-order valence-corrected chi connectivity index (χ2v) is 7.49. The van der Waals surface area contributed by atoms with Gasteiger partial charge in [0.15, 0.2) is 0 Å². The maximum absolute atomic E-state index is 11.5. The number of aromatic carboxylic acids is 1. The van der Waals surface area contributed by atoms with E-state index in [1.54, 1.807) is 35.9 Å². The van der Waals surface area contributed by atoms with Gasteiger partial charge in [0.1, 0.15) is 12.1 Å². The third-order valence-electron chi connectivity index (χ3n) is 4.63. The van der Waals surface area contributed by atoms with Gasteiger partial charge < -0.3 is 10.0 Å². The maximum atomic E-state index is 11.5. The van der Waals surface area contributed by atoms with E-state index in [1.165, 1.54) is 0 Å². The number of aromatic nitrogens is 2. The molecule has 0 spiro atoms. The van der Waals surface area contributed by atoms with Gasteiger partial charge in [0, 0.05) is 37.7 Å². The van der Waals surface area contributed by atoms with E-state index in [1.807, 2.05) is 11.4 Å². The minimum absolute atomic E-state index is 0.274.